The lowest BCUT2D eigenvalue weighted by Gasteiger charge is -2.15. The minimum Gasteiger partial charge on any atom is -0.456 e. The van der Waals surface area contributed by atoms with E-state index in [1.807, 2.05) is 30.3 Å². The van der Waals surface area contributed by atoms with Gasteiger partial charge in [-0.1, -0.05) is 152 Å². The topological polar surface area (TPSA) is 38.9 Å². The predicted molar refractivity (Wildman–Crippen MR) is 210 cm³/mol. The summed E-state index contributed by atoms with van der Waals surface area (Å²) in [6, 6.07) is 60.0. The number of fused-ring (bicyclic) bond motifs is 8. The first-order chi connectivity index (χ1) is 25.3. The second kappa shape index (κ2) is 10.8. The highest BCUT2D eigenvalue weighted by Crippen LogP contribution is 2.54. The van der Waals surface area contributed by atoms with Crippen LogP contribution in [0.5, 0.6) is 0 Å². The number of furan rings is 1. The molecule has 0 aliphatic heterocycles. The van der Waals surface area contributed by atoms with Crippen LogP contribution in [0.4, 0.5) is 0 Å². The van der Waals surface area contributed by atoms with E-state index >= 15 is 0 Å². The number of benzene rings is 8. The lowest BCUT2D eigenvalue weighted by molar-refractivity contribution is 0.669. The van der Waals surface area contributed by atoms with Gasteiger partial charge in [-0.2, -0.15) is 0 Å². The summed E-state index contributed by atoms with van der Waals surface area (Å²) in [5.74, 6) is 0.713. The summed E-state index contributed by atoms with van der Waals surface area (Å²) in [4.78, 5) is 10.2. The molecule has 0 amide bonds. The van der Waals surface area contributed by atoms with Crippen LogP contribution in [0.1, 0.15) is 0 Å². The van der Waals surface area contributed by atoms with Crippen LogP contribution in [0.2, 0.25) is 0 Å². The molecule has 2 aromatic heterocycles. The van der Waals surface area contributed by atoms with Gasteiger partial charge in [0.1, 0.15) is 11.2 Å². The first-order valence-corrected chi connectivity index (χ1v) is 17.3. The van der Waals surface area contributed by atoms with Crippen molar-refractivity contribution in [2.75, 3.05) is 0 Å². The summed E-state index contributed by atoms with van der Waals surface area (Å²) < 4.78 is 6.43. The average molecular weight is 649 g/mol. The Labute approximate surface area is 294 Å². The third kappa shape index (κ3) is 4.19. The van der Waals surface area contributed by atoms with Gasteiger partial charge in [-0.15, -0.1) is 0 Å². The molecule has 10 aromatic rings. The first kappa shape index (κ1) is 28.0. The van der Waals surface area contributed by atoms with Gasteiger partial charge in [0.15, 0.2) is 5.82 Å². The lowest BCUT2D eigenvalue weighted by Crippen LogP contribution is -1.96. The predicted octanol–water partition coefficient (Wildman–Crippen LogP) is 13.0. The second-order valence-corrected chi connectivity index (χ2v) is 13.3. The van der Waals surface area contributed by atoms with E-state index in [1.165, 1.54) is 54.9 Å². The molecule has 8 aromatic carbocycles. The van der Waals surface area contributed by atoms with Gasteiger partial charge in [-0.3, -0.25) is 0 Å². The molecular weight excluding hydrogens is 621 g/mol. The average Bonchev–Trinajstić information content (AvgIpc) is 3.75. The zero-order valence-electron chi connectivity index (χ0n) is 27.5. The van der Waals surface area contributed by atoms with Gasteiger partial charge < -0.3 is 4.42 Å². The smallest absolute Gasteiger partial charge is 0.160 e. The molecule has 0 saturated carbocycles. The van der Waals surface area contributed by atoms with Gasteiger partial charge in [-0.25, -0.2) is 9.97 Å². The van der Waals surface area contributed by atoms with Crippen LogP contribution >= 0.6 is 0 Å². The Morgan fingerprint density at radius 1 is 0.333 bits per heavy atom. The third-order valence-electron chi connectivity index (χ3n) is 10.4. The number of rotatable bonds is 4. The van der Waals surface area contributed by atoms with Crippen LogP contribution in [-0.4, -0.2) is 9.97 Å². The van der Waals surface area contributed by atoms with Crippen LogP contribution in [0.25, 0.3) is 111 Å². The summed E-state index contributed by atoms with van der Waals surface area (Å²) in [6.45, 7) is 0. The van der Waals surface area contributed by atoms with Crippen molar-refractivity contribution in [1.82, 2.24) is 9.97 Å². The fourth-order valence-corrected chi connectivity index (χ4v) is 8.24. The highest BCUT2D eigenvalue weighted by Gasteiger charge is 2.27. The maximum Gasteiger partial charge on any atom is 0.160 e. The van der Waals surface area contributed by atoms with Gasteiger partial charge in [0.2, 0.25) is 0 Å². The molecule has 1 aliphatic carbocycles. The summed E-state index contributed by atoms with van der Waals surface area (Å²) >= 11 is 0. The normalized spacial score (nSPS) is 11.9. The van der Waals surface area contributed by atoms with E-state index in [9.17, 15) is 0 Å². The largest absolute Gasteiger partial charge is 0.456 e. The monoisotopic (exact) mass is 648 g/mol. The van der Waals surface area contributed by atoms with Gasteiger partial charge in [0, 0.05) is 27.5 Å². The van der Waals surface area contributed by atoms with Gasteiger partial charge in [0.05, 0.1) is 11.4 Å². The zero-order valence-corrected chi connectivity index (χ0v) is 27.5. The summed E-state index contributed by atoms with van der Waals surface area (Å²) in [7, 11) is 0. The van der Waals surface area contributed by atoms with Crippen LogP contribution in [-0.2, 0) is 0 Å². The Morgan fingerprint density at radius 2 is 0.902 bits per heavy atom. The Hall–Kier alpha value is -6.84. The Balaban J connectivity index is 1.13. The quantitative estimate of drug-likeness (QED) is 0.191. The van der Waals surface area contributed by atoms with Gasteiger partial charge >= 0.3 is 0 Å². The second-order valence-electron chi connectivity index (χ2n) is 13.3. The molecule has 0 radical (unpaired) electrons. The first-order valence-electron chi connectivity index (χ1n) is 17.3. The maximum absolute atomic E-state index is 6.43. The van der Waals surface area contributed by atoms with Crippen molar-refractivity contribution < 1.29 is 4.42 Å². The molecule has 236 valence electrons. The van der Waals surface area contributed by atoms with Crippen LogP contribution in [0, 0.1) is 0 Å². The van der Waals surface area contributed by atoms with Crippen LogP contribution in [0.3, 0.4) is 0 Å². The van der Waals surface area contributed by atoms with Crippen LogP contribution in [0.15, 0.2) is 174 Å². The van der Waals surface area contributed by atoms with Crippen molar-refractivity contribution in [1.29, 1.82) is 0 Å². The lowest BCUT2D eigenvalue weighted by atomic mass is 9.89. The molecule has 0 bridgehead atoms. The Kier molecular flexibility index (Phi) is 5.96. The summed E-state index contributed by atoms with van der Waals surface area (Å²) in [5, 5.41) is 7.21. The number of hydrogen-bond donors (Lipinski definition) is 0. The molecule has 3 nitrogen and oxygen atoms in total. The van der Waals surface area contributed by atoms with Crippen molar-refractivity contribution in [3.63, 3.8) is 0 Å². The van der Waals surface area contributed by atoms with Gasteiger partial charge in [-0.05, 0) is 73.1 Å². The molecule has 0 N–H and O–H groups in total. The van der Waals surface area contributed by atoms with Crippen molar-refractivity contribution in [2.24, 2.45) is 0 Å². The molecule has 2 heterocycles. The molecule has 0 atom stereocenters. The van der Waals surface area contributed by atoms with Crippen LogP contribution < -0.4 is 0 Å². The molecule has 0 saturated heterocycles. The van der Waals surface area contributed by atoms with Crippen molar-refractivity contribution in [3.8, 4) is 67.3 Å². The van der Waals surface area contributed by atoms with E-state index in [0.29, 0.717) is 5.82 Å². The zero-order chi connectivity index (χ0) is 33.5. The molecular formula is C48H28N2O. The summed E-state index contributed by atoms with van der Waals surface area (Å²) in [5.41, 5.74) is 14.2. The molecule has 0 fully saturated rings. The highest BCUT2D eigenvalue weighted by atomic mass is 16.3. The standard InChI is InChI=1S/C48H28N2O/c1-3-13-29(14-4-1)41-28-42(50-48(49-41)30-15-5-2-6-16-30)34-21-10-18-31-32(34)19-9-20-33(31)35-22-11-23-36-40-27-44-47(37-17-7-8-26-43(37)51-44)39-25-12-24-38(45(35)36)46(39)40/h1-28H. The number of para-hydroxylation sites is 1. The molecule has 0 unspecified atom stereocenters. The maximum atomic E-state index is 6.43. The van der Waals surface area contributed by atoms with E-state index in [2.05, 4.69) is 140 Å². The van der Waals surface area contributed by atoms with E-state index in [-0.39, 0.29) is 0 Å². The number of nitrogens with zero attached hydrogens (tertiary/aromatic N) is 2. The van der Waals surface area contributed by atoms with Crippen molar-refractivity contribution in [2.45, 2.75) is 0 Å². The minimum atomic E-state index is 0.713. The van der Waals surface area contributed by atoms with E-state index in [0.717, 1.165) is 50.0 Å². The molecule has 3 heteroatoms. The van der Waals surface area contributed by atoms with Crippen molar-refractivity contribution in [3.05, 3.63) is 170 Å². The van der Waals surface area contributed by atoms with E-state index < -0.39 is 0 Å². The van der Waals surface area contributed by atoms with E-state index in [4.69, 9.17) is 14.4 Å². The minimum absolute atomic E-state index is 0.713. The molecule has 0 spiro atoms. The molecule has 51 heavy (non-hydrogen) atoms. The SMILES string of the molecule is c1ccc(-c2cc(-c3cccc4c(-c5cccc6c5-c5cccc7c5c-6cc5oc6ccccc6c57)cccc34)nc(-c3ccccc3)n2)cc1. The number of aromatic nitrogens is 2. The highest BCUT2D eigenvalue weighted by molar-refractivity contribution is 6.29. The molecule has 1 aliphatic rings. The summed E-state index contributed by atoms with van der Waals surface area (Å²) in [6.07, 6.45) is 0. The Bertz CT molecular complexity index is 2960. The van der Waals surface area contributed by atoms with Crippen molar-refractivity contribution >= 4 is 43.5 Å². The fourth-order valence-electron chi connectivity index (χ4n) is 8.24. The fraction of sp³-hybridized carbons (Fsp3) is 0. The van der Waals surface area contributed by atoms with Gasteiger partial charge in [0.25, 0.3) is 0 Å². The third-order valence-corrected chi connectivity index (χ3v) is 10.4. The number of hydrogen-bond acceptors (Lipinski definition) is 3. The Morgan fingerprint density at radius 3 is 1.71 bits per heavy atom. The molecule has 11 rings (SSSR count). The van der Waals surface area contributed by atoms with E-state index in [1.54, 1.807) is 0 Å².